The summed E-state index contributed by atoms with van der Waals surface area (Å²) in [5.41, 5.74) is 0.0322. The molecule has 0 aromatic rings. The van der Waals surface area contributed by atoms with E-state index >= 15 is 0 Å². The van der Waals surface area contributed by atoms with Crippen LogP contribution in [-0.4, -0.2) is 20.4 Å². The summed E-state index contributed by atoms with van der Waals surface area (Å²) in [4.78, 5) is 11.3. The van der Waals surface area contributed by atoms with Gasteiger partial charge in [-0.3, -0.25) is 4.79 Å². The van der Waals surface area contributed by atoms with Crippen LogP contribution in [0.2, 0.25) is 5.31 Å². The number of rotatable bonds is 5. The van der Waals surface area contributed by atoms with Crippen LogP contribution in [-0.2, 0) is 9.53 Å². The number of esters is 1. The van der Waals surface area contributed by atoms with Crippen molar-refractivity contribution in [3.63, 3.8) is 0 Å². The van der Waals surface area contributed by atoms with Gasteiger partial charge < -0.3 is 4.74 Å². The van der Waals surface area contributed by atoms with Crippen molar-refractivity contribution in [3.05, 3.63) is 0 Å². The molecule has 0 unspecified atom stereocenters. The zero-order valence-electron chi connectivity index (χ0n) is 10.4. The van der Waals surface area contributed by atoms with Crippen LogP contribution < -0.4 is 0 Å². The summed E-state index contributed by atoms with van der Waals surface area (Å²) in [7, 11) is 2.19. The molecule has 0 spiro atoms. The number of hydrogen-bond donors (Lipinski definition) is 0. The number of carbonyl (C=O) groups excluding carboxylic acids is 1. The van der Waals surface area contributed by atoms with Crippen molar-refractivity contribution >= 4 is 13.8 Å². The van der Waals surface area contributed by atoms with Crippen LogP contribution in [0.15, 0.2) is 0 Å². The first-order valence-electron chi connectivity index (χ1n) is 5.32. The molecule has 82 valence electrons. The van der Waals surface area contributed by atoms with Crippen LogP contribution >= 0.6 is 0 Å². The van der Waals surface area contributed by atoms with Gasteiger partial charge in [-0.2, -0.15) is 0 Å². The van der Waals surface area contributed by atoms with E-state index in [1.807, 2.05) is 6.92 Å². The summed E-state index contributed by atoms with van der Waals surface area (Å²) in [6.07, 6.45) is 1.54. The molecule has 14 heavy (non-hydrogen) atoms. The molecular formula is C11H23BO2. The van der Waals surface area contributed by atoms with E-state index in [1.165, 1.54) is 0 Å². The highest BCUT2D eigenvalue weighted by Crippen LogP contribution is 2.38. The first-order valence-corrected chi connectivity index (χ1v) is 5.32. The number of hydrogen-bond acceptors (Lipinski definition) is 2. The monoisotopic (exact) mass is 198 g/mol. The van der Waals surface area contributed by atoms with Crippen LogP contribution in [0.4, 0.5) is 0 Å². The summed E-state index contributed by atoms with van der Waals surface area (Å²) in [6.45, 7) is 10.9. The second kappa shape index (κ2) is 4.85. The van der Waals surface area contributed by atoms with Crippen molar-refractivity contribution in [1.82, 2.24) is 0 Å². The van der Waals surface area contributed by atoms with E-state index in [9.17, 15) is 4.79 Å². The van der Waals surface area contributed by atoms with Crippen molar-refractivity contribution in [2.75, 3.05) is 6.61 Å². The molecule has 0 amide bonds. The fourth-order valence-corrected chi connectivity index (χ4v) is 2.10. The van der Waals surface area contributed by atoms with Gasteiger partial charge >= 0.3 is 5.97 Å². The molecular weight excluding hydrogens is 175 g/mol. The molecule has 0 aliphatic carbocycles. The first kappa shape index (κ1) is 13.5. The zero-order valence-corrected chi connectivity index (χ0v) is 10.4. The Morgan fingerprint density at radius 2 is 1.79 bits per heavy atom. The van der Waals surface area contributed by atoms with E-state index in [0.29, 0.717) is 13.0 Å². The van der Waals surface area contributed by atoms with E-state index in [0.717, 1.165) is 6.42 Å². The van der Waals surface area contributed by atoms with Gasteiger partial charge in [0.05, 0.1) is 13.0 Å². The Morgan fingerprint density at radius 3 is 2.14 bits per heavy atom. The molecule has 0 atom stereocenters. The lowest BCUT2D eigenvalue weighted by atomic mass is 9.63. The lowest BCUT2D eigenvalue weighted by Crippen LogP contribution is -2.23. The van der Waals surface area contributed by atoms with Crippen LogP contribution in [0.1, 0.15) is 47.5 Å². The molecule has 0 N–H and O–H groups in total. The molecule has 0 radical (unpaired) electrons. The van der Waals surface area contributed by atoms with Gasteiger partial charge in [-0.1, -0.05) is 33.0 Å². The highest BCUT2D eigenvalue weighted by atomic mass is 16.5. The van der Waals surface area contributed by atoms with Crippen LogP contribution in [0, 0.1) is 5.41 Å². The Morgan fingerprint density at radius 1 is 1.29 bits per heavy atom. The molecule has 3 heteroatoms. The smallest absolute Gasteiger partial charge is 0.306 e. The van der Waals surface area contributed by atoms with Gasteiger partial charge in [0.25, 0.3) is 0 Å². The molecule has 0 aliphatic rings. The van der Waals surface area contributed by atoms with Crippen LogP contribution in [0.5, 0.6) is 0 Å². The highest BCUT2D eigenvalue weighted by molar-refractivity contribution is 6.14. The second-order valence-corrected chi connectivity index (χ2v) is 5.88. The normalized spacial score (nSPS) is 12.6. The average molecular weight is 198 g/mol. The van der Waals surface area contributed by atoms with Gasteiger partial charge in [-0.05, 0) is 18.8 Å². The van der Waals surface area contributed by atoms with Crippen molar-refractivity contribution in [2.24, 2.45) is 5.41 Å². The molecule has 2 nitrogen and oxygen atoms in total. The Labute approximate surface area is 88.8 Å². The van der Waals surface area contributed by atoms with Crippen molar-refractivity contribution in [1.29, 1.82) is 0 Å². The minimum absolute atomic E-state index is 0.0322. The SMILES string of the molecule is BC(C)(C)CC(C)(C)CC(=O)OCC. The molecule has 0 aliphatic heterocycles. The summed E-state index contributed by atoms with van der Waals surface area (Å²) >= 11 is 0. The quantitative estimate of drug-likeness (QED) is 0.500. The van der Waals surface area contributed by atoms with Crippen molar-refractivity contribution in [2.45, 2.75) is 52.8 Å². The Bertz CT molecular complexity index is 192. The predicted octanol–water partition coefficient (Wildman–Crippen LogP) is 2.19. The van der Waals surface area contributed by atoms with Gasteiger partial charge in [0.15, 0.2) is 0 Å². The molecule has 0 bridgehead atoms. The topological polar surface area (TPSA) is 26.3 Å². The lowest BCUT2D eigenvalue weighted by Gasteiger charge is -2.31. The molecule has 0 aromatic carbocycles. The van der Waals surface area contributed by atoms with E-state index in [1.54, 1.807) is 0 Å². The number of carbonyl (C=O) groups is 1. The van der Waals surface area contributed by atoms with Gasteiger partial charge in [-0.15, -0.1) is 0 Å². The third kappa shape index (κ3) is 6.99. The number of ether oxygens (including phenoxy) is 1. The predicted molar refractivity (Wildman–Crippen MR) is 62.2 cm³/mol. The largest absolute Gasteiger partial charge is 0.466 e. The molecule has 0 saturated heterocycles. The third-order valence-corrected chi connectivity index (χ3v) is 1.94. The fraction of sp³-hybridized carbons (Fsp3) is 0.909. The average Bonchev–Trinajstić information content (AvgIpc) is 1.78. The van der Waals surface area contributed by atoms with Crippen molar-refractivity contribution < 1.29 is 9.53 Å². The Balaban J connectivity index is 4.13. The maximum absolute atomic E-state index is 11.3. The minimum Gasteiger partial charge on any atom is -0.466 e. The molecule has 0 saturated carbocycles. The molecule has 0 fully saturated rings. The molecule has 0 aromatic heterocycles. The standard InChI is InChI=1S/C11H23BO2/c1-6-14-9(13)7-10(2,3)8-11(4,5)12/h6-8,12H2,1-5H3. The maximum atomic E-state index is 11.3. The zero-order chi connectivity index (χ0) is 11.4. The highest BCUT2D eigenvalue weighted by Gasteiger charge is 2.28. The lowest BCUT2D eigenvalue weighted by molar-refractivity contribution is -0.145. The minimum atomic E-state index is -0.0817. The fourth-order valence-electron chi connectivity index (χ4n) is 2.10. The summed E-state index contributed by atoms with van der Waals surface area (Å²) < 4.78 is 4.95. The van der Waals surface area contributed by atoms with Crippen LogP contribution in [0.3, 0.4) is 0 Å². The summed E-state index contributed by atoms with van der Waals surface area (Å²) in [6, 6.07) is 0. The molecule has 0 rings (SSSR count). The van der Waals surface area contributed by atoms with Crippen molar-refractivity contribution in [3.8, 4) is 0 Å². The van der Waals surface area contributed by atoms with Gasteiger partial charge in [0.2, 0.25) is 0 Å². The second-order valence-electron chi connectivity index (χ2n) is 5.88. The third-order valence-electron chi connectivity index (χ3n) is 1.94. The summed E-state index contributed by atoms with van der Waals surface area (Å²) in [5, 5.41) is 0.260. The Kier molecular flexibility index (Phi) is 4.69. The van der Waals surface area contributed by atoms with E-state index in [2.05, 4.69) is 35.5 Å². The van der Waals surface area contributed by atoms with Gasteiger partial charge in [0, 0.05) is 0 Å². The van der Waals surface area contributed by atoms with Gasteiger partial charge in [0.1, 0.15) is 7.85 Å². The first-order chi connectivity index (χ1) is 6.16. The Hall–Kier alpha value is -0.465. The van der Waals surface area contributed by atoms with Crippen LogP contribution in [0.25, 0.3) is 0 Å². The van der Waals surface area contributed by atoms with E-state index < -0.39 is 0 Å². The van der Waals surface area contributed by atoms with Gasteiger partial charge in [-0.25, -0.2) is 0 Å². The van der Waals surface area contributed by atoms with E-state index in [4.69, 9.17) is 4.74 Å². The maximum Gasteiger partial charge on any atom is 0.306 e. The molecule has 0 heterocycles. The summed E-state index contributed by atoms with van der Waals surface area (Å²) in [5.74, 6) is -0.0817. The van der Waals surface area contributed by atoms with E-state index in [-0.39, 0.29) is 16.7 Å².